The van der Waals surface area contributed by atoms with E-state index in [9.17, 15) is 4.79 Å². The molecule has 0 bridgehead atoms. The summed E-state index contributed by atoms with van der Waals surface area (Å²) in [6.07, 6.45) is 7.36. The Balaban J connectivity index is 1.36. The average molecular weight is 359 g/mol. The molecule has 3 heterocycles. The minimum absolute atomic E-state index is 0.226. The smallest absolute Gasteiger partial charge is 0.264 e. The zero-order valence-corrected chi connectivity index (χ0v) is 15.9. The number of aryl methyl sites for hydroxylation is 2. The molecule has 0 radical (unpaired) electrons. The zero-order chi connectivity index (χ0) is 17.4. The van der Waals surface area contributed by atoms with Gasteiger partial charge in [-0.25, -0.2) is 4.98 Å². The monoisotopic (exact) mass is 358 g/mol. The lowest BCUT2D eigenvalue weighted by Gasteiger charge is -2.34. The van der Waals surface area contributed by atoms with E-state index < -0.39 is 0 Å². The van der Waals surface area contributed by atoms with Crippen molar-refractivity contribution in [2.24, 2.45) is 13.0 Å². The molecule has 1 aliphatic heterocycles. The van der Waals surface area contributed by atoms with Gasteiger partial charge in [-0.15, -0.1) is 11.3 Å². The third-order valence-corrected chi connectivity index (χ3v) is 6.71. The van der Waals surface area contributed by atoms with E-state index in [1.807, 2.05) is 24.3 Å². The second kappa shape index (κ2) is 6.92. The maximum Gasteiger partial charge on any atom is 0.264 e. The fourth-order valence-corrected chi connectivity index (χ4v) is 5.00. The first-order chi connectivity index (χ1) is 12.1. The number of imidazole rings is 1. The lowest BCUT2D eigenvalue weighted by Crippen LogP contribution is -2.48. The summed E-state index contributed by atoms with van der Waals surface area (Å²) in [5.41, 5.74) is 1.42. The van der Waals surface area contributed by atoms with Crippen LogP contribution in [0.15, 0.2) is 18.5 Å². The van der Waals surface area contributed by atoms with Gasteiger partial charge in [0.1, 0.15) is 5.82 Å². The number of hydrogen-bond donors (Lipinski definition) is 0. The van der Waals surface area contributed by atoms with E-state index in [1.54, 1.807) is 11.3 Å². The van der Waals surface area contributed by atoms with Crippen LogP contribution in [-0.4, -0.2) is 51.4 Å². The number of fused-ring (bicyclic) bond motifs is 1. The molecule has 1 fully saturated rings. The van der Waals surface area contributed by atoms with Crippen molar-refractivity contribution in [2.45, 2.75) is 32.7 Å². The Kier molecular flexibility index (Phi) is 4.65. The fourth-order valence-electron chi connectivity index (χ4n) is 3.82. The molecule has 0 unspecified atom stereocenters. The van der Waals surface area contributed by atoms with Crippen molar-refractivity contribution in [3.05, 3.63) is 39.6 Å². The van der Waals surface area contributed by atoms with Crippen LogP contribution in [0.1, 0.15) is 39.3 Å². The Labute approximate surface area is 153 Å². The molecule has 1 saturated heterocycles. The quantitative estimate of drug-likeness (QED) is 0.847. The predicted molar refractivity (Wildman–Crippen MR) is 99.9 cm³/mol. The summed E-state index contributed by atoms with van der Waals surface area (Å²) in [5, 5.41) is 0. The second-order valence-corrected chi connectivity index (χ2v) is 8.57. The number of rotatable bonds is 3. The molecule has 25 heavy (non-hydrogen) atoms. The van der Waals surface area contributed by atoms with Crippen molar-refractivity contribution < 1.29 is 4.79 Å². The minimum Gasteiger partial charge on any atom is -0.337 e. The van der Waals surface area contributed by atoms with Gasteiger partial charge in [0, 0.05) is 50.5 Å². The van der Waals surface area contributed by atoms with E-state index in [0.717, 1.165) is 62.2 Å². The third-order valence-electron chi connectivity index (χ3n) is 5.49. The number of carbonyl (C=O) groups is 1. The van der Waals surface area contributed by atoms with Crippen molar-refractivity contribution in [2.75, 3.05) is 26.2 Å². The van der Waals surface area contributed by atoms with E-state index in [4.69, 9.17) is 0 Å². The van der Waals surface area contributed by atoms with E-state index in [-0.39, 0.29) is 5.91 Å². The SMILES string of the molecule is C[C@H]1CCc2sc(C(=O)N3CCN(Cc4nccn4C)CC3)cc2C1. The van der Waals surface area contributed by atoms with Crippen molar-refractivity contribution in [3.8, 4) is 0 Å². The van der Waals surface area contributed by atoms with Gasteiger partial charge in [-0.2, -0.15) is 0 Å². The summed E-state index contributed by atoms with van der Waals surface area (Å²) in [4.78, 5) is 24.1. The number of carbonyl (C=O) groups excluding carboxylic acids is 1. The van der Waals surface area contributed by atoms with Crippen LogP contribution >= 0.6 is 11.3 Å². The van der Waals surface area contributed by atoms with Gasteiger partial charge in [0.15, 0.2) is 0 Å². The summed E-state index contributed by atoms with van der Waals surface area (Å²) in [6.45, 7) is 6.62. The molecular weight excluding hydrogens is 332 g/mol. The average Bonchev–Trinajstić information content (AvgIpc) is 3.21. The Morgan fingerprint density at radius 3 is 2.84 bits per heavy atom. The van der Waals surface area contributed by atoms with Gasteiger partial charge in [-0.1, -0.05) is 6.92 Å². The number of nitrogens with zero attached hydrogens (tertiary/aromatic N) is 4. The second-order valence-electron chi connectivity index (χ2n) is 7.43. The van der Waals surface area contributed by atoms with Crippen LogP contribution in [0, 0.1) is 5.92 Å². The molecule has 0 aromatic carbocycles. The van der Waals surface area contributed by atoms with E-state index in [1.165, 1.54) is 16.9 Å². The highest BCUT2D eigenvalue weighted by Gasteiger charge is 2.26. The summed E-state index contributed by atoms with van der Waals surface area (Å²) < 4.78 is 2.06. The van der Waals surface area contributed by atoms with Gasteiger partial charge in [-0.3, -0.25) is 9.69 Å². The largest absolute Gasteiger partial charge is 0.337 e. The number of amides is 1. The first-order valence-corrected chi connectivity index (χ1v) is 10.0. The van der Waals surface area contributed by atoms with E-state index in [2.05, 4.69) is 27.4 Å². The molecule has 0 N–H and O–H groups in total. The van der Waals surface area contributed by atoms with Crippen LogP contribution in [0.3, 0.4) is 0 Å². The maximum absolute atomic E-state index is 12.9. The van der Waals surface area contributed by atoms with Crippen molar-refractivity contribution in [1.29, 1.82) is 0 Å². The van der Waals surface area contributed by atoms with Gasteiger partial charge in [0.05, 0.1) is 11.4 Å². The van der Waals surface area contributed by atoms with Gasteiger partial charge in [-0.05, 0) is 36.8 Å². The van der Waals surface area contributed by atoms with Gasteiger partial charge >= 0.3 is 0 Å². The number of aromatic nitrogens is 2. The molecule has 0 spiro atoms. The highest BCUT2D eigenvalue weighted by molar-refractivity contribution is 7.14. The Bertz CT molecular complexity index is 757. The highest BCUT2D eigenvalue weighted by atomic mass is 32.1. The van der Waals surface area contributed by atoms with Crippen LogP contribution in [0.5, 0.6) is 0 Å². The first kappa shape index (κ1) is 16.8. The van der Waals surface area contributed by atoms with Gasteiger partial charge in [0.25, 0.3) is 5.91 Å². The van der Waals surface area contributed by atoms with Crippen molar-refractivity contribution in [3.63, 3.8) is 0 Å². The van der Waals surface area contributed by atoms with Crippen LogP contribution in [0.2, 0.25) is 0 Å². The maximum atomic E-state index is 12.9. The molecule has 2 aliphatic rings. The number of piperazine rings is 1. The van der Waals surface area contributed by atoms with Crippen LogP contribution in [0.4, 0.5) is 0 Å². The van der Waals surface area contributed by atoms with E-state index >= 15 is 0 Å². The predicted octanol–water partition coefficient (Wildman–Crippen LogP) is 2.56. The topological polar surface area (TPSA) is 41.4 Å². The number of thiophene rings is 1. The zero-order valence-electron chi connectivity index (χ0n) is 15.1. The lowest BCUT2D eigenvalue weighted by atomic mass is 9.90. The molecule has 134 valence electrons. The molecule has 5 nitrogen and oxygen atoms in total. The molecule has 1 atom stereocenters. The molecule has 4 rings (SSSR count). The first-order valence-electron chi connectivity index (χ1n) is 9.19. The highest BCUT2D eigenvalue weighted by Crippen LogP contribution is 2.32. The standard InChI is InChI=1S/C19H26N4OS/c1-14-3-4-16-15(11-14)12-17(25-16)19(24)23-9-7-22(8-10-23)13-18-20-5-6-21(18)2/h5-6,12,14H,3-4,7-11,13H2,1-2H3/t14-/m0/s1. The summed E-state index contributed by atoms with van der Waals surface area (Å²) >= 11 is 1.73. The summed E-state index contributed by atoms with van der Waals surface area (Å²) in [6, 6.07) is 2.16. The summed E-state index contributed by atoms with van der Waals surface area (Å²) in [7, 11) is 2.03. The van der Waals surface area contributed by atoms with Gasteiger partial charge in [0.2, 0.25) is 0 Å². The Morgan fingerprint density at radius 2 is 2.12 bits per heavy atom. The van der Waals surface area contributed by atoms with Gasteiger partial charge < -0.3 is 9.47 Å². The Morgan fingerprint density at radius 1 is 1.32 bits per heavy atom. The van der Waals surface area contributed by atoms with E-state index in [0.29, 0.717) is 0 Å². The van der Waals surface area contributed by atoms with Crippen molar-refractivity contribution in [1.82, 2.24) is 19.4 Å². The lowest BCUT2D eigenvalue weighted by molar-refractivity contribution is 0.0629. The molecule has 0 saturated carbocycles. The normalized spacial score (nSPS) is 21.4. The molecule has 1 amide bonds. The fraction of sp³-hybridized carbons (Fsp3) is 0.579. The van der Waals surface area contributed by atoms with Crippen LogP contribution in [0.25, 0.3) is 0 Å². The third kappa shape index (κ3) is 3.51. The molecule has 2 aromatic heterocycles. The number of hydrogen-bond acceptors (Lipinski definition) is 4. The molecular formula is C19H26N4OS. The van der Waals surface area contributed by atoms with Crippen molar-refractivity contribution >= 4 is 17.2 Å². The van der Waals surface area contributed by atoms with Crippen LogP contribution in [-0.2, 0) is 26.4 Å². The molecule has 6 heteroatoms. The Hall–Kier alpha value is -1.66. The molecule has 2 aromatic rings. The minimum atomic E-state index is 0.226. The summed E-state index contributed by atoms with van der Waals surface area (Å²) in [5.74, 6) is 2.06. The van der Waals surface area contributed by atoms with Crippen LogP contribution < -0.4 is 0 Å². The molecule has 1 aliphatic carbocycles.